The average Bonchev–Trinajstić information content (AvgIpc) is 2.97. The fourth-order valence-electron chi connectivity index (χ4n) is 2.98. The molecular formula is C14H19FN2O. The summed E-state index contributed by atoms with van der Waals surface area (Å²) in [6.45, 7) is 2.86. The van der Waals surface area contributed by atoms with E-state index in [0.29, 0.717) is 12.1 Å². The van der Waals surface area contributed by atoms with Crippen LogP contribution in [0.15, 0.2) is 18.2 Å². The molecule has 18 heavy (non-hydrogen) atoms. The van der Waals surface area contributed by atoms with Gasteiger partial charge in [0.15, 0.2) is 0 Å². The number of methoxy groups -OCH3 is 1. The van der Waals surface area contributed by atoms with Crippen LogP contribution < -0.4 is 10.2 Å². The summed E-state index contributed by atoms with van der Waals surface area (Å²) in [5.74, 6) is -0.144. The first-order chi connectivity index (χ1) is 8.76. The number of ether oxygens (including phenoxy) is 1. The summed E-state index contributed by atoms with van der Waals surface area (Å²) in [6, 6.07) is 5.57. The second-order valence-electron chi connectivity index (χ2n) is 5.17. The molecule has 2 aliphatic rings. The van der Waals surface area contributed by atoms with E-state index in [1.807, 2.05) is 6.07 Å². The maximum absolute atomic E-state index is 13.3. The summed E-state index contributed by atoms with van der Waals surface area (Å²) >= 11 is 0. The number of nitrogens with zero attached hydrogens (tertiary/aromatic N) is 1. The molecule has 3 nitrogen and oxygen atoms in total. The molecule has 0 aliphatic carbocycles. The minimum Gasteiger partial charge on any atom is -0.380 e. The third kappa shape index (κ3) is 2.22. The second-order valence-corrected chi connectivity index (χ2v) is 5.17. The first-order valence-electron chi connectivity index (χ1n) is 6.56. The Morgan fingerprint density at radius 2 is 2.39 bits per heavy atom. The Kier molecular flexibility index (Phi) is 3.22. The maximum Gasteiger partial charge on any atom is 0.125 e. The fourth-order valence-corrected chi connectivity index (χ4v) is 2.98. The summed E-state index contributed by atoms with van der Waals surface area (Å²) in [4.78, 5) is 2.29. The normalized spacial score (nSPS) is 26.7. The number of anilines is 1. The molecule has 1 fully saturated rings. The molecule has 4 heteroatoms. The van der Waals surface area contributed by atoms with Gasteiger partial charge < -0.3 is 15.0 Å². The van der Waals surface area contributed by atoms with E-state index in [4.69, 9.17) is 4.74 Å². The van der Waals surface area contributed by atoms with Gasteiger partial charge in [0.25, 0.3) is 0 Å². The van der Waals surface area contributed by atoms with Gasteiger partial charge in [-0.3, -0.25) is 0 Å². The highest BCUT2D eigenvalue weighted by Crippen LogP contribution is 2.29. The number of fused-ring (bicyclic) bond motifs is 1. The zero-order chi connectivity index (χ0) is 12.5. The van der Waals surface area contributed by atoms with Crippen molar-refractivity contribution in [2.45, 2.75) is 25.0 Å². The summed E-state index contributed by atoms with van der Waals surface area (Å²) in [7, 11) is 1.76. The summed E-state index contributed by atoms with van der Waals surface area (Å²) < 4.78 is 18.7. The SMILES string of the molecule is COC1CNC(CN2CCc3ccc(F)cc32)C1. The van der Waals surface area contributed by atoms with Crippen molar-refractivity contribution in [3.8, 4) is 0 Å². The Bertz CT molecular complexity index is 438. The summed E-state index contributed by atoms with van der Waals surface area (Å²) in [5.41, 5.74) is 2.33. The van der Waals surface area contributed by atoms with E-state index in [-0.39, 0.29) is 5.82 Å². The van der Waals surface area contributed by atoms with Crippen LogP contribution in [0.4, 0.5) is 10.1 Å². The van der Waals surface area contributed by atoms with Gasteiger partial charge in [0.05, 0.1) is 6.10 Å². The number of hydrogen-bond acceptors (Lipinski definition) is 3. The third-order valence-corrected chi connectivity index (χ3v) is 3.99. The molecule has 2 aliphatic heterocycles. The Labute approximate surface area is 107 Å². The number of nitrogens with one attached hydrogen (secondary N) is 1. The molecule has 98 valence electrons. The highest BCUT2D eigenvalue weighted by Gasteiger charge is 2.28. The van der Waals surface area contributed by atoms with Crippen molar-refractivity contribution in [1.29, 1.82) is 0 Å². The number of rotatable bonds is 3. The smallest absolute Gasteiger partial charge is 0.125 e. The van der Waals surface area contributed by atoms with Crippen LogP contribution in [0.2, 0.25) is 0 Å². The van der Waals surface area contributed by atoms with Gasteiger partial charge in [-0.25, -0.2) is 4.39 Å². The quantitative estimate of drug-likeness (QED) is 0.881. The van der Waals surface area contributed by atoms with E-state index in [2.05, 4.69) is 10.2 Å². The molecular weight excluding hydrogens is 231 g/mol. The van der Waals surface area contributed by atoms with Crippen molar-refractivity contribution in [2.75, 3.05) is 31.6 Å². The fraction of sp³-hybridized carbons (Fsp3) is 0.571. The van der Waals surface area contributed by atoms with Crippen molar-refractivity contribution < 1.29 is 9.13 Å². The minimum atomic E-state index is -0.144. The van der Waals surface area contributed by atoms with Crippen LogP contribution >= 0.6 is 0 Å². The lowest BCUT2D eigenvalue weighted by molar-refractivity contribution is 0.117. The molecule has 2 atom stereocenters. The molecule has 0 radical (unpaired) electrons. The molecule has 2 heterocycles. The van der Waals surface area contributed by atoms with E-state index in [1.54, 1.807) is 19.2 Å². The van der Waals surface area contributed by atoms with Crippen LogP contribution in [-0.4, -0.2) is 38.9 Å². The zero-order valence-corrected chi connectivity index (χ0v) is 10.7. The van der Waals surface area contributed by atoms with Crippen molar-refractivity contribution in [3.63, 3.8) is 0 Å². The average molecular weight is 250 g/mol. The lowest BCUT2D eigenvalue weighted by Crippen LogP contribution is -2.36. The second kappa shape index (κ2) is 4.86. The van der Waals surface area contributed by atoms with E-state index < -0.39 is 0 Å². The highest BCUT2D eigenvalue weighted by molar-refractivity contribution is 5.58. The predicted octanol–water partition coefficient (Wildman–Crippen LogP) is 1.57. The van der Waals surface area contributed by atoms with Crippen molar-refractivity contribution in [2.24, 2.45) is 0 Å². The van der Waals surface area contributed by atoms with Crippen LogP contribution in [0.5, 0.6) is 0 Å². The van der Waals surface area contributed by atoms with E-state index in [1.165, 1.54) is 5.56 Å². The molecule has 0 aromatic heterocycles. The van der Waals surface area contributed by atoms with Crippen LogP contribution in [-0.2, 0) is 11.2 Å². The molecule has 1 saturated heterocycles. The Hall–Kier alpha value is -1.13. The summed E-state index contributed by atoms with van der Waals surface area (Å²) in [6.07, 6.45) is 2.39. The monoisotopic (exact) mass is 250 g/mol. The van der Waals surface area contributed by atoms with Gasteiger partial charge >= 0.3 is 0 Å². The van der Waals surface area contributed by atoms with Gasteiger partial charge in [-0.15, -0.1) is 0 Å². The van der Waals surface area contributed by atoms with Gasteiger partial charge in [-0.1, -0.05) is 6.07 Å². The van der Waals surface area contributed by atoms with Gasteiger partial charge in [-0.05, 0) is 30.5 Å². The largest absolute Gasteiger partial charge is 0.380 e. The molecule has 0 saturated carbocycles. The highest BCUT2D eigenvalue weighted by atomic mass is 19.1. The molecule has 1 aromatic carbocycles. The van der Waals surface area contributed by atoms with Crippen LogP contribution in [0, 0.1) is 5.82 Å². The van der Waals surface area contributed by atoms with Crippen molar-refractivity contribution in [1.82, 2.24) is 5.32 Å². The first kappa shape index (κ1) is 11.9. The summed E-state index contributed by atoms with van der Waals surface area (Å²) in [5, 5.41) is 3.47. The van der Waals surface area contributed by atoms with Crippen molar-refractivity contribution >= 4 is 5.69 Å². The van der Waals surface area contributed by atoms with Gasteiger partial charge in [0.1, 0.15) is 5.82 Å². The third-order valence-electron chi connectivity index (χ3n) is 3.99. The van der Waals surface area contributed by atoms with Crippen LogP contribution in [0.1, 0.15) is 12.0 Å². The molecule has 0 spiro atoms. The number of hydrogen-bond donors (Lipinski definition) is 1. The van der Waals surface area contributed by atoms with E-state index in [9.17, 15) is 4.39 Å². The molecule has 3 rings (SSSR count). The number of benzene rings is 1. The Morgan fingerprint density at radius 3 is 3.17 bits per heavy atom. The lowest BCUT2D eigenvalue weighted by atomic mass is 10.1. The topological polar surface area (TPSA) is 24.5 Å². The Balaban J connectivity index is 1.68. The standard InChI is InChI=1S/C14H19FN2O/c1-18-13-7-12(16-8-13)9-17-5-4-10-2-3-11(15)6-14(10)17/h2-3,6,12-13,16H,4-5,7-9H2,1H3. The molecule has 0 amide bonds. The molecule has 0 bridgehead atoms. The predicted molar refractivity (Wildman–Crippen MR) is 69.5 cm³/mol. The van der Waals surface area contributed by atoms with Gasteiger partial charge in [-0.2, -0.15) is 0 Å². The van der Waals surface area contributed by atoms with E-state index in [0.717, 1.165) is 38.2 Å². The van der Waals surface area contributed by atoms with Gasteiger partial charge in [0, 0.05) is 38.5 Å². The Morgan fingerprint density at radius 1 is 1.50 bits per heavy atom. The maximum atomic E-state index is 13.3. The van der Waals surface area contributed by atoms with E-state index >= 15 is 0 Å². The van der Waals surface area contributed by atoms with Crippen molar-refractivity contribution in [3.05, 3.63) is 29.6 Å². The minimum absolute atomic E-state index is 0.144. The van der Waals surface area contributed by atoms with Crippen LogP contribution in [0.25, 0.3) is 0 Å². The molecule has 2 unspecified atom stereocenters. The van der Waals surface area contributed by atoms with Crippen LogP contribution in [0.3, 0.4) is 0 Å². The van der Waals surface area contributed by atoms with Gasteiger partial charge in [0.2, 0.25) is 0 Å². The zero-order valence-electron chi connectivity index (χ0n) is 10.7. The lowest BCUT2D eigenvalue weighted by Gasteiger charge is -2.23. The first-order valence-corrected chi connectivity index (χ1v) is 6.56. The molecule has 1 aromatic rings. The molecule has 1 N–H and O–H groups in total. The number of halogens is 1.